The monoisotopic (exact) mass is 407 g/mol. The van der Waals surface area contributed by atoms with Gasteiger partial charge in [0.25, 0.3) is 0 Å². The summed E-state index contributed by atoms with van der Waals surface area (Å²) in [4.78, 5) is 27.7. The van der Waals surface area contributed by atoms with E-state index in [1.165, 1.54) is 4.90 Å². The molecule has 5 nitrogen and oxygen atoms in total. The first-order chi connectivity index (χ1) is 12.7. The third-order valence-corrected chi connectivity index (χ3v) is 4.72. The average Bonchev–Trinajstić information content (AvgIpc) is 2.60. The third kappa shape index (κ3) is 6.86. The van der Waals surface area contributed by atoms with Gasteiger partial charge in [-0.2, -0.15) is 0 Å². The van der Waals surface area contributed by atoms with Gasteiger partial charge in [-0.3, -0.25) is 14.5 Å². The summed E-state index contributed by atoms with van der Waals surface area (Å²) in [7, 11) is 3.45. The standard InChI is InChI=1S/C20H23Cl2N3O2/c1-14-4-7-16(8-5-14)23-19(26)12-25(3)20(27)13-24(2)11-15-6-9-17(21)18(22)10-15/h4-10H,11-13H2,1-3H3,(H,23,26). The molecule has 0 saturated heterocycles. The zero-order valence-corrected chi connectivity index (χ0v) is 17.1. The molecule has 0 radical (unpaired) electrons. The second-order valence-electron chi connectivity index (χ2n) is 6.58. The maximum Gasteiger partial charge on any atom is 0.243 e. The van der Waals surface area contributed by atoms with Crippen LogP contribution in [0.3, 0.4) is 0 Å². The van der Waals surface area contributed by atoms with Gasteiger partial charge in [0, 0.05) is 19.3 Å². The number of nitrogens with one attached hydrogen (secondary N) is 1. The summed E-state index contributed by atoms with van der Waals surface area (Å²) >= 11 is 11.9. The Morgan fingerprint density at radius 2 is 1.63 bits per heavy atom. The van der Waals surface area contributed by atoms with Crippen LogP contribution in [0, 0.1) is 6.92 Å². The van der Waals surface area contributed by atoms with Gasteiger partial charge in [0.1, 0.15) is 0 Å². The molecule has 1 N–H and O–H groups in total. The molecule has 0 saturated carbocycles. The lowest BCUT2D eigenvalue weighted by molar-refractivity contribution is -0.134. The zero-order valence-electron chi connectivity index (χ0n) is 15.6. The van der Waals surface area contributed by atoms with E-state index in [2.05, 4.69) is 5.32 Å². The predicted molar refractivity (Wildman–Crippen MR) is 110 cm³/mol. The molecule has 2 rings (SSSR count). The fourth-order valence-electron chi connectivity index (χ4n) is 2.50. The number of benzene rings is 2. The van der Waals surface area contributed by atoms with Crippen LogP contribution in [0.15, 0.2) is 42.5 Å². The van der Waals surface area contributed by atoms with Crippen molar-refractivity contribution in [2.24, 2.45) is 0 Å². The highest BCUT2D eigenvalue weighted by Gasteiger charge is 2.15. The number of anilines is 1. The summed E-state index contributed by atoms with van der Waals surface area (Å²) in [6.45, 7) is 2.71. The van der Waals surface area contributed by atoms with Crippen LogP contribution in [0.2, 0.25) is 10.0 Å². The summed E-state index contributed by atoms with van der Waals surface area (Å²) in [5.74, 6) is -0.376. The van der Waals surface area contributed by atoms with E-state index >= 15 is 0 Å². The van der Waals surface area contributed by atoms with Crippen molar-refractivity contribution in [3.63, 3.8) is 0 Å². The second kappa shape index (κ2) is 9.74. The lowest BCUT2D eigenvalue weighted by Crippen LogP contribution is -2.40. The largest absolute Gasteiger partial charge is 0.335 e. The molecule has 0 aliphatic heterocycles. The van der Waals surface area contributed by atoms with Crippen LogP contribution in [0.5, 0.6) is 0 Å². The number of carbonyl (C=O) groups is 2. The topological polar surface area (TPSA) is 52.7 Å². The quantitative estimate of drug-likeness (QED) is 0.758. The van der Waals surface area contributed by atoms with Crippen molar-refractivity contribution in [2.75, 3.05) is 32.5 Å². The van der Waals surface area contributed by atoms with Crippen molar-refractivity contribution < 1.29 is 9.59 Å². The number of hydrogen-bond acceptors (Lipinski definition) is 3. The van der Waals surface area contributed by atoms with Gasteiger partial charge in [0.05, 0.1) is 23.1 Å². The second-order valence-corrected chi connectivity index (χ2v) is 7.40. The van der Waals surface area contributed by atoms with E-state index in [4.69, 9.17) is 23.2 Å². The highest BCUT2D eigenvalue weighted by molar-refractivity contribution is 6.42. The van der Waals surface area contributed by atoms with E-state index in [0.717, 1.165) is 11.1 Å². The highest BCUT2D eigenvalue weighted by atomic mass is 35.5. The Bertz CT molecular complexity index is 809. The van der Waals surface area contributed by atoms with Gasteiger partial charge in [-0.05, 0) is 43.8 Å². The Balaban J connectivity index is 1.82. The molecule has 2 aromatic rings. The number of likely N-dealkylation sites (N-methyl/N-ethyl adjacent to an activating group) is 2. The van der Waals surface area contributed by atoms with Crippen LogP contribution in [0.1, 0.15) is 11.1 Å². The molecule has 0 spiro atoms. The van der Waals surface area contributed by atoms with Crippen LogP contribution in [-0.4, -0.2) is 48.8 Å². The normalized spacial score (nSPS) is 10.7. The molecule has 0 bridgehead atoms. The molecular weight excluding hydrogens is 385 g/mol. The molecule has 0 unspecified atom stereocenters. The van der Waals surface area contributed by atoms with Crippen molar-refractivity contribution >= 4 is 40.7 Å². The Morgan fingerprint density at radius 1 is 0.963 bits per heavy atom. The van der Waals surface area contributed by atoms with E-state index in [1.54, 1.807) is 19.2 Å². The number of halogens is 2. The van der Waals surface area contributed by atoms with Crippen molar-refractivity contribution in [2.45, 2.75) is 13.5 Å². The fraction of sp³-hybridized carbons (Fsp3) is 0.300. The number of carbonyl (C=O) groups excluding carboxylic acids is 2. The van der Waals surface area contributed by atoms with Crippen LogP contribution in [0.4, 0.5) is 5.69 Å². The van der Waals surface area contributed by atoms with Gasteiger partial charge in [-0.1, -0.05) is 47.0 Å². The molecule has 0 heterocycles. The smallest absolute Gasteiger partial charge is 0.243 e. The molecule has 0 fully saturated rings. The lowest BCUT2D eigenvalue weighted by atomic mass is 10.2. The summed E-state index contributed by atoms with van der Waals surface area (Å²) in [5.41, 5.74) is 2.79. The van der Waals surface area contributed by atoms with Crippen molar-refractivity contribution in [3.05, 3.63) is 63.6 Å². The number of aryl methyl sites for hydroxylation is 1. The van der Waals surface area contributed by atoms with E-state index in [1.807, 2.05) is 49.2 Å². The maximum atomic E-state index is 12.4. The first kappa shape index (κ1) is 21.2. The summed E-state index contributed by atoms with van der Waals surface area (Å²) in [6, 6.07) is 12.9. The molecule has 7 heteroatoms. The average molecular weight is 408 g/mol. The van der Waals surface area contributed by atoms with Crippen molar-refractivity contribution in [1.82, 2.24) is 9.80 Å². The predicted octanol–water partition coefficient (Wildman–Crippen LogP) is 3.83. The third-order valence-electron chi connectivity index (χ3n) is 3.98. The fourth-order valence-corrected chi connectivity index (χ4v) is 2.82. The summed E-state index contributed by atoms with van der Waals surface area (Å²) in [5, 5.41) is 3.77. The molecule has 0 aliphatic carbocycles. The molecule has 0 atom stereocenters. The van der Waals surface area contributed by atoms with Gasteiger partial charge in [-0.25, -0.2) is 0 Å². The Labute approximate surface area is 169 Å². The molecule has 27 heavy (non-hydrogen) atoms. The summed E-state index contributed by atoms with van der Waals surface area (Å²) < 4.78 is 0. The van der Waals surface area contributed by atoms with Gasteiger partial charge >= 0.3 is 0 Å². The molecule has 0 aromatic heterocycles. The highest BCUT2D eigenvalue weighted by Crippen LogP contribution is 2.23. The molecule has 2 amide bonds. The van der Waals surface area contributed by atoms with E-state index in [0.29, 0.717) is 22.3 Å². The minimum absolute atomic E-state index is 0.00662. The number of rotatable bonds is 7. The summed E-state index contributed by atoms with van der Waals surface area (Å²) in [6.07, 6.45) is 0. The van der Waals surface area contributed by atoms with Gasteiger partial charge in [0.15, 0.2) is 0 Å². The Kier molecular flexibility index (Phi) is 7.66. The van der Waals surface area contributed by atoms with E-state index in [-0.39, 0.29) is 24.9 Å². The van der Waals surface area contributed by atoms with Crippen LogP contribution < -0.4 is 5.32 Å². The maximum absolute atomic E-state index is 12.4. The SMILES string of the molecule is Cc1ccc(NC(=O)CN(C)C(=O)CN(C)Cc2ccc(Cl)c(Cl)c2)cc1. The molecule has 0 aliphatic rings. The number of amides is 2. The van der Waals surface area contributed by atoms with Crippen LogP contribution in [0.25, 0.3) is 0 Å². The first-order valence-electron chi connectivity index (χ1n) is 8.47. The van der Waals surface area contributed by atoms with Gasteiger partial charge in [0.2, 0.25) is 11.8 Å². The van der Waals surface area contributed by atoms with Crippen molar-refractivity contribution in [3.8, 4) is 0 Å². The first-order valence-corrected chi connectivity index (χ1v) is 9.23. The number of hydrogen-bond donors (Lipinski definition) is 1. The Hall–Kier alpha value is -2.08. The van der Waals surface area contributed by atoms with Crippen molar-refractivity contribution in [1.29, 1.82) is 0 Å². The van der Waals surface area contributed by atoms with Crippen LogP contribution in [-0.2, 0) is 16.1 Å². The molecule has 144 valence electrons. The van der Waals surface area contributed by atoms with E-state index < -0.39 is 0 Å². The number of nitrogens with zero attached hydrogens (tertiary/aromatic N) is 2. The molecule has 2 aromatic carbocycles. The Morgan fingerprint density at radius 3 is 2.26 bits per heavy atom. The van der Waals surface area contributed by atoms with E-state index in [9.17, 15) is 9.59 Å². The minimum Gasteiger partial charge on any atom is -0.335 e. The lowest BCUT2D eigenvalue weighted by Gasteiger charge is -2.22. The minimum atomic E-state index is -0.234. The molecular formula is C20H23Cl2N3O2. The van der Waals surface area contributed by atoms with Crippen LogP contribution >= 0.6 is 23.2 Å². The van der Waals surface area contributed by atoms with Gasteiger partial charge < -0.3 is 10.2 Å². The van der Waals surface area contributed by atoms with Gasteiger partial charge in [-0.15, -0.1) is 0 Å². The zero-order chi connectivity index (χ0) is 20.0.